The summed E-state index contributed by atoms with van der Waals surface area (Å²) >= 11 is 0. The van der Waals surface area contributed by atoms with Crippen molar-refractivity contribution >= 4 is 5.78 Å². The summed E-state index contributed by atoms with van der Waals surface area (Å²) in [6.45, 7) is 5.94. The fraction of sp³-hybridized carbons (Fsp3) is 0.462. The fourth-order valence-electron chi connectivity index (χ4n) is 1.33. The van der Waals surface area contributed by atoms with E-state index in [9.17, 15) is 4.79 Å². The summed E-state index contributed by atoms with van der Waals surface area (Å²) in [7, 11) is 2.03. The Morgan fingerprint density at radius 1 is 1.27 bits per heavy atom. The number of Topliss-reactive ketones (excluding diaryl/α,β-unsaturated/α-hetero) is 1. The van der Waals surface area contributed by atoms with E-state index < -0.39 is 0 Å². The molecule has 1 aromatic carbocycles. The predicted molar refractivity (Wildman–Crippen MR) is 63.3 cm³/mol. The van der Waals surface area contributed by atoms with Crippen LogP contribution in [0.5, 0.6) is 0 Å². The van der Waals surface area contributed by atoms with Gasteiger partial charge in [0.05, 0.1) is 0 Å². The second-order valence-corrected chi connectivity index (χ2v) is 3.94. The molecule has 0 aliphatic carbocycles. The van der Waals surface area contributed by atoms with Crippen molar-refractivity contribution in [1.82, 2.24) is 4.90 Å². The molecule has 0 aromatic heterocycles. The molecule has 0 radical (unpaired) electrons. The van der Waals surface area contributed by atoms with E-state index in [-0.39, 0.29) is 5.78 Å². The average Bonchev–Trinajstić information content (AvgIpc) is 2.26. The van der Waals surface area contributed by atoms with Gasteiger partial charge in [0.2, 0.25) is 0 Å². The van der Waals surface area contributed by atoms with Crippen LogP contribution in [0, 0.1) is 6.92 Å². The SMILES string of the molecule is CCN(C)CCC(=O)c1ccc(C)cc1. The lowest BCUT2D eigenvalue weighted by Crippen LogP contribution is -2.21. The Labute approximate surface area is 91.9 Å². The molecule has 0 saturated carbocycles. The van der Waals surface area contributed by atoms with Gasteiger partial charge in [0.25, 0.3) is 0 Å². The molecule has 82 valence electrons. The molecule has 0 spiro atoms. The third-order valence-electron chi connectivity index (χ3n) is 2.63. The third kappa shape index (κ3) is 3.84. The van der Waals surface area contributed by atoms with E-state index >= 15 is 0 Å². The molecular formula is C13H19NO. The van der Waals surface area contributed by atoms with Gasteiger partial charge in [-0.3, -0.25) is 4.79 Å². The van der Waals surface area contributed by atoms with Crippen molar-refractivity contribution in [2.24, 2.45) is 0 Å². The summed E-state index contributed by atoms with van der Waals surface area (Å²) in [6.07, 6.45) is 0.605. The molecule has 0 aliphatic rings. The highest BCUT2D eigenvalue weighted by atomic mass is 16.1. The van der Waals surface area contributed by atoms with Gasteiger partial charge < -0.3 is 4.90 Å². The first kappa shape index (κ1) is 11.9. The van der Waals surface area contributed by atoms with Gasteiger partial charge in [0, 0.05) is 18.5 Å². The molecule has 0 N–H and O–H groups in total. The Morgan fingerprint density at radius 3 is 2.40 bits per heavy atom. The Balaban J connectivity index is 2.50. The Hall–Kier alpha value is -1.15. The maximum Gasteiger partial charge on any atom is 0.164 e. The topological polar surface area (TPSA) is 20.3 Å². The molecule has 0 unspecified atom stereocenters. The van der Waals surface area contributed by atoms with Crippen molar-refractivity contribution in [3.63, 3.8) is 0 Å². The lowest BCUT2D eigenvalue weighted by atomic mass is 10.1. The zero-order valence-corrected chi connectivity index (χ0v) is 9.79. The number of hydrogen-bond acceptors (Lipinski definition) is 2. The maximum absolute atomic E-state index is 11.7. The second kappa shape index (κ2) is 5.66. The summed E-state index contributed by atoms with van der Waals surface area (Å²) in [5, 5.41) is 0. The van der Waals surface area contributed by atoms with E-state index in [1.807, 2.05) is 38.2 Å². The van der Waals surface area contributed by atoms with Crippen LogP contribution in [0.25, 0.3) is 0 Å². The zero-order chi connectivity index (χ0) is 11.3. The third-order valence-corrected chi connectivity index (χ3v) is 2.63. The van der Waals surface area contributed by atoms with Gasteiger partial charge in [0.1, 0.15) is 0 Å². The number of benzene rings is 1. The summed E-state index contributed by atoms with van der Waals surface area (Å²) in [5.41, 5.74) is 2.02. The maximum atomic E-state index is 11.7. The molecule has 0 bridgehead atoms. The van der Waals surface area contributed by atoms with Crippen molar-refractivity contribution in [3.05, 3.63) is 35.4 Å². The van der Waals surface area contributed by atoms with Gasteiger partial charge >= 0.3 is 0 Å². The standard InChI is InChI=1S/C13H19NO/c1-4-14(3)10-9-13(15)12-7-5-11(2)6-8-12/h5-8H,4,9-10H2,1-3H3. The zero-order valence-electron chi connectivity index (χ0n) is 9.79. The lowest BCUT2D eigenvalue weighted by molar-refractivity contribution is 0.0970. The smallest absolute Gasteiger partial charge is 0.164 e. The van der Waals surface area contributed by atoms with Crippen LogP contribution in [-0.2, 0) is 0 Å². The van der Waals surface area contributed by atoms with Crippen LogP contribution >= 0.6 is 0 Å². The van der Waals surface area contributed by atoms with Gasteiger partial charge in [-0.1, -0.05) is 36.8 Å². The molecule has 0 aliphatic heterocycles. The van der Waals surface area contributed by atoms with Crippen LogP contribution in [0.3, 0.4) is 0 Å². The minimum absolute atomic E-state index is 0.232. The van der Waals surface area contributed by atoms with E-state index in [1.165, 1.54) is 5.56 Å². The molecule has 1 aromatic rings. The summed E-state index contributed by atoms with van der Waals surface area (Å²) < 4.78 is 0. The van der Waals surface area contributed by atoms with Crippen LogP contribution < -0.4 is 0 Å². The number of carbonyl (C=O) groups is 1. The number of aryl methyl sites for hydroxylation is 1. The van der Waals surface area contributed by atoms with Crippen molar-refractivity contribution < 1.29 is 4.79 Å². The van der Waals surface area contributed by atoms with Crippen LogP contribution in [0.2, 0.25) is 0 Å². The van der Waals surface area contributed by atoms with E-state index in [0.717, 1.165) is 18.7 Å². The first-order valence-electron chi connectivity index (χ1n) is 5.42. The van der Waals surface area contributed by atoms with Crippen LogP contribution in [0.1, 0.15) is 29.3 Å². The van der Waals surface area contributed by atoms with Gasteiger partial charge in [0.15, 0.2) is 5.78 Å². The Kier molecular flexibility index (Phi) is 4.50. The van der Waals surface area contributed by atoms with Gasteiger partial charge in [-0.15, -0.1) is 0 Å². The fourth-order valence-corrected chi connectivity index (χ4v) is 1.33. The average molecular weight is 205 g/mol. The Bertz CT molecular complexity index is 316. The van der Waals surface area contributed by atoms with E-state index in [4.69, 9.17) is 0 Å². The molecular weight excluding hydrogens is 186 g/mol. The van der Waals surface area contributed by atoms with Crippen molar-refractivity contribution in [2.75, 3.05) is 20.1 Å². The summed E-state index contributed by atoms with van der Waals surface area (Å²) in [5.74, 6) is 0.232. The first-order valence-corrected chi connectivity index (χ1v) is 5.42. The molecule has 2 nitrogen and oxygen atoms in total. The highest BCUT2D eigenvalue weighted by molar-refractivity contribution is 5.96. The van der Waals surface area contributed by atoms with Gasteiger partial charge in [-0.25, -0.2) is 0 Å². The number of carbonyl (C=O) groups excluding carboxylic acids is 1. The largest absolute Gasteiger partial charge is 0.306 e. The van der Waals surface area contributed by atoms with Crippen molar-refractivity contribution in [2.45, 2.75) is 20.3 Å². The molecule has 0 fully saturated rings. The summed E-state index contributed by atoms with van der Waals surface area (Å²) in [6, 6.07) is 7.78. The summed E-state index contributed by atoms with van der Waals surface area (Å²) in [4.78, 5) is 13.9. The minimum atomic E-state index is 0.232. The number of rotatable bonds is 5. The van der Waals surface area contributed by atoms with E-state index in [2.05, 4.69) is 11.8 Å². The molecule has 0 heterocycles. The molecule has 1 rings (SSSR count). The number of nitrogens with zero attached hydrogens (tertiary/aromatic N) is 1. The number of ketones is 1. The van der Waals surface area contributed by atoms with Crippen LogP contribution in [0.15, 0.2) is 24.3 Å². The first-order chi connectivity index (χ1) is 7.13. The Morgan fingerprint density at radius 2 is 1.87 bits per heavy atom. The quantitative estimate of drug-likeness (QED) is 0.688. The van der Waals surface area contributed by atoms with Gasteiger partial charge in [-0.05, 0) is 20.5 Å². The predicted octanol–water partition coefficient (Wildman–Crippen LogP) is 2.52. The van der Waals surface area contributed by atoms with Crippen LogP contribution in [0.4, 0.5) is 0 Å². The van der Waals surface area contributed by atoms with E-state index in [1.54, 1.807) is 0 Å². The minimum Gasteiger partial charge on any atom is -0.306 e. The van der Waals surface area contributed by atoms with Crippen molar-refractivity contribution in [3.8, 4) is 0 Å². The molecule has 15 heavy (non-hydrogen) atoms. The van der Waals surface area contributed by atoms with Crippen molar-refractivity contribution in [1.29, 1.82) is 0 Å². The monoisotopic (exact) mass is 205 g/mol. The molecule has 0 amide bonds. The molecule has 2 heteroatoms. The second-order valence-electron chi connectivity index (χ2n) is 3.94. The lowest BCUT2D eigenvalue weighted by Gasteiger charge is -2.12. The molecule has 0 saturated heterocycles. The normalized spacial score (nSPS) is 10.7. The molecule has 0 atom stereocenters. The van der Waals surface area contributed by atoms with E-state index in [0.29, 0.717) is 6.42 Å². The highest BCUT2D eigenvalue weighted by Crippen LogP contribution is 2.06. The van der Waals surface area contributed by atoms with Gasteiger partial charge in [-0.2, -0.15) is 0 Å². The number of hydrogen-bond donors (Lipinski definition) is 0. The van der Waals surface area contributed by atoms with Crippen LogP contribution in [-0.4, -0.2) is 30.8 Å². The highest BCUT2D eigenvalue weighted by Gasteiger charge is 2.06.